The third-order valence-corrected chi connectivity index (χ3v) is 1.80. The number of nitrogens with zero attached hydrogens (tertiary/aromatic N) is 4. The van der Waals surface area contributed by atoms with Crippen molar-refractivity contribution in [3.05, 3.63) is 10.1 Å². The van der Waals surface area contributed by atoms with Gasteiger partial charge in [-0.25, -0.2) is 9.91 Å². The molecule has 0 fully saturated rings. The van der Waals surface area contributed by atoms with E-state index in [0.29, 0.717) is 5.01 Å². The van der Waals surface area contributed by atoms with Crippen LogP contribution in [0.4, 0.5) is 22.0 Å². The van der Waals surface area contributed by atoms with Gasteiger partial charge in [-0.1, -0.05) is 0 Å². The van der Waals surface area contributed by atoms with Gasteiger partial charge < -0.3 is 0 Å². The molecular formula is C5H5F5N4O2. The van der Waals surface area contributed by atoms with Crippen LogP contribution in [0.3, 0.4) is 0 Å². The van der Waals surface area contributed by atoms with Crippen LogP contribution >= 0.6 is 0 Å². The lowest BCUT2D eigenvalue weighted by molar-refractivity contribution is -0.584. The number of nitro groups is 1. The normalized spacial score (nSPS) is 21.8. The number of hydrogen-bond acceptors (Lipinski definition) is 5. The minimum Gasteiger partial charge on any atom is -0.261 e. The summed E-state index contributed by atoms with van der Waals surface area (Å²) in [5, 5.41) is 13.7. The molecule has 0 radical (unpaired) electrons. The minimum atomic E-state index is -5.92. The molecule has 1 atom stereocenters. The third-order valence-electron chi connectivity index (χ3n) is 1.80. The Kier molecular flexibility index (Phi) is 2.65. The summed E-state index contributed by atoms with van der Waals surface area (Å²) in [6, 6.07) is -5.35. The van der Waals surface area contributed by atoms with Crippen LogP contribution in [0.5, 0.6) is 0 Å². The molecule has 1 aliphatic heterocycles. The second-order valence-corrected chi connectivity index (χ2v) is 2.88. The highest BCUT2D eigenvalue weighted by atomic mass is 19.4. The summed E-state index contributed by atoms with van der Waals surface area (Å²) in [5.74, 6) is 0. The van der Waals surface area contributed by atoms with Crippen molar-refractivity contribution in [1.29, 1.82) is 0 Å². The van der Waals surface area contributed by atoms with Crippen LogP contribution in [0.15, 0.2) is 5.10 Å². The Morgan fingerprint density at radius 2 is 1.88 bits per heavy atom. The van der Waals surface area contributed by atoms with E-state index in [2.05, 4.69) is 5.10 Å². The van der Waals surface area contributed by atoms with Crippen LogP contribution in [0.25, 0.3) is 0 Å². The Labute approximate surface area is 85.1 Å². The highest BCUT2D eigenvalue weighted by molar-refractivity contribution is 5.57. The molecule has 0 saturated carbocycles. The number of hydrazone groups is 1. The van der Waals surface area contributed by atoms with E-state index in [0.717, 1.165) is 7.05 Å². The molecule has 0 aromatic rings. The van der Waals surface area contributed by atoms with Crippen molar-refractivity contribution in [2.75, 3.05) is 7.05 Å². The second kappa shape index (κ2) is 3.42. The summed E-state index contributed by atoms with van der Waals surface area (Å²) in [6.07, 6.45) is -8.21. The van der Waals surface area contributed by atoms with Crippen molar-refractivity contribution in [2.24, 2.45) is 5.10 Å². The standard InChI is InChI=1S/C5H5F5N4O2/c1-12-3(14(15)16)13(2-11-12)5(9,10)4(6,7)8/h2-3H,1H3. The molecule has 1 unspecified atom stereocenters. The maximum atomic E-state index is 12.8. The molecule has 0 N–H and O–H groups in total. The van der Waals surface area contributed by atoms with Gasteiger partial charge in [0.05, 0.1) is 4.92 Å². The van der Waals surface area contributed by atoms with Crippen LogP contribution in [0, 0.1) is 10.1 Å². The SMILES string of the molecule is CN1N=CN(C(F)(F)C(F)(F)F)C1[N+](=O)[O-]. The van der Waals surface area contributed by atoms with E-state index in [9.17, 15) is 32.1 Å². The van der Waals surface area contributed by atoms with E-state index in [1.807, 2.05) is 0 Å². The van der Waals surface area contributed by atoms with Gasteiger partial charge in [0.15, 0.2) is 0 Å². The zero-order valence-corrected chi connectivity index (χ0v) is 7.65. The number of hydrogen-bond donors (Lipinski definition) is 0. The monoisotopic (exact) mass is 248 g/mol. The molecule has 0 spiro atoms. The number of halogens is 5. The van der Waals surface area contributed by atoms with Gasteiger partial charge in [0.1, 0.15) is 6.34 Å². The predicted molar refractivity (Wildman–Crippen MR) is 39.9 cm³/mol. The van der Waals surface area contributed by atoms with Gasteiger partial charge in [0.25, 0.3) is 0 Å². The van der Waals surface area contributed by atoms with E-state index in [1.54, 1.807) is 0 Å². The maximum Gasteiger partial charge on any atom is 0.475 e. The van der Waals surface area contributed by atoms with Crippen molar-refractivity contribution in [1.82, 2.24) is 9.91 Å². The average molecular weight is 248 g/mol. The van der Waals surface area contributed by atoms with Crippen LogP contribution in [0.1, 0.15) is 0 Å². The fourth-order valence-corrected chi connectivity index (χ4v) is 1.04. The van der Waals surface area contributed by atoms with Gasteiger partial charge in [0, 0.05) is 7.05 Å². The van der Waals surface area contributed by atoms with E-state index in [-0.39, 0.29) is 6.34 Å². The first kappa shape index (κ1) is 12.4. The second-order valence-electron chi connectivity index (χ2n) is 2.88. The molecular weight excluding hydrogens is 243 g/mol. The van der Waals surface area contributed by atoms with Crippen LogP contribution in [-0.2, 0) is 0 Å². The van der Waals surface area contributed by atoms with Gasteiger partial charge in [-0.15, -0.1) is 0 Å². The lowest BCUT2D eigenvalue weighted by Crippen LogP contribution is -2.58. The molecule has 0 bridgehead atoms. The van der Waals surface area contributed by atoms with E-state index in [4.69, 9.17) is 0 Å². The Balaban J connectivity index is 3.05. The fraction of sp³-hybridized carbons (Fsp3) is 0.800. The lowest BCUT2D eigenvalue weighted by Gasteiger charge is -2.29. The minimum absolute atomic E-state index is 0.0843. The quantitative estimate of drug-likeness (QED) is 0.315. The molecule has 1 rings (SSSR count). The molecule has 0 aromatic heterocycles. The van der Waals surface area contributed by atoms with E-state index in [1.165, 1.54) is 0 Å². The number of alkyl halides is 5. The smallest absolute Gasteiger partial charge is 0.261 e. The Bertz CT molecular complexity index is 329. The van der Waals surface area contributed by atoms with Crippen molar-refractivity contribution < 1.29 is 26.9 Å². The first-order valence-corrected chi connectivity index (χ1v) is 3.72. The Morgan fingerprint density at radius 1 is 1.38 bits per heavy atom. The molecule has 16 heavy (non-hydrogen) atoms. The predicted octanol–water partition coefficient (Wildman–Crippen LogP) is 0.893. The molecule has 92 valence electrons. The fourth-order valence-electron chi connectivity index (χ4n) is 1.04. The molecule has 0 amide bonds. The molecule has 6 nitrogen and oxygen atoms in total. The van der Waals surface area contributed by atoms with Crippen molar-refractivity contribution in [3.8, 4) is 0 Å². The zero-order valence-electron chi connectivity index (χ0n) is 7.65. The highest BCUT2D eigenvalue weighted by Crippen LogP contribution is 2.40. The third kappa shape index (κ3) is 1.72. The summed E-state index contributed by atoms with van der Waals surface area (Å²) in [6.45, 7) is 0. The molecule has 1 heterocycles. The average Bonchev–Trinajstić information content (AvgIpc) is 2.45. The Hall–Kier alpha value is -1.68. The summed E-state index contributed by atoms with van der Waals surface area (Å²) < 4.78 is 61.5. The largest absolute Gasteiger partial charge is 0.475 e. The van der Waals surface area contributed by atoms with Crippen LogP contribution < -0.4 is 0 Å². The maximum absolute atomic E-state index is 12.8. The van der Waals surface area contributed by atoms with Gasteiger partial charge >= 0.3 is 18.5 Å². The van der Waals surface area contributed by atoms with E-state index < -0.39 is 28.3 Å². The summed E-state index contributed by atoms with van der Waals surface area (Å²) in [7, 11) is 0.913. The van der Waals surface area contributed by atoms with E-state index >= 15 is 0 Å². The lowest BCUT2D eigenvalue weighted by atomic mass is 10.4. The molecule has 0 saturated heterocycles. The molecule has 11 heteroatoms. The topological polar surface area (TPSA) is 62.0 Å². The molecule has 0 aromatic carbocycles. The van der Waals surface area contributed by atoms with Crippen LogP contribution in [0.2, 0.25) is 0 Å². The first-order chi connectivity index (χ1) is 7.09. The summed E-state index contributed by atoms with van der Waals surface area (Å²) in [4.78, 5) is 8.28. The van der Waals surface area contributed by atoms with Crippen molar-refractivity contribution in [3.63, 3.8) is 0 Å². The first-order valence-electron chi connectivity index (χ1n) is 3.72. The zero-order chi connectivity index (χ0) is 12.7. The Morgan fingerprint density at radius 3 is 2.25 bits per heavy atom. The summed E-state index contributed by atoms with van der Waals surface area (Å²) in [5.41, 5.74) is 0. The van der Waals surface area contributed by atoms with Crippen molar-refractivity contribution in [2.45, 2.75) is 18.5 Å². The van der Waals surface area contributed by atoms with Gasteiger partial charge in [0.2, 0.25) is 0 Å². The molecule has 1 aliphatic rings. The number of rotatable bonds is 2. The van der Waals surface area contributed by atoms with Crippen LogP contribution in [-0.4, -0.2) is 46.7 Å². The molecule has 0 aliphatic carbocycles. The van der Waals surface area contributed by atoms with Gasteiger partial charge in [-0.3, -0.25) is 10.1 Å². The van der Waals surface area contributed by atoms with Gasteiger partial charge in [-0.2, -0.15) is 27.1 Å². The summed E-state index contributed by atoms with van der Waals surface area (Å²) >= 11 is 0. The van der Waals surface area contributed by atoms with Gasteiger partial charge in [-0.05, 0) is 0 Å². The van der Waals surface area contributed by atoms with Crippen molar-refractivity contribution >= 4 is 6.34 Å². The highest BCUT2D eigenvalue weighted by Gasteiger charge is 2.66.